The molecule has 0 saturated carbocycles. The molecule has 52 valence electrons. The maximum Gasteiger partial charge on any atom is 0.123 e. The smallest absolute Gasteiger partial charge is 0.123 e. The zero-order chi connectivity index (χ0) is 7.40. The van der Waals surface area contributed by atoms with E-state index in [-0.39, 0.29) is 5.82 Å². The summed E-state index contributed by atoms with van der Waals surface area (Å²) in [6, 6.07) is 6.32. The van der Waals surface area contributed by atoms with Gasteiger partial charge in [-0.3, -0.25) is 0 Å². The molecule has 0 aliphatic rings. The molecule has 0 heterocycles. The molecule has 0 nitrogen and oxygen atoms in total. The average molecular weight is 154 g/mol. The number of thioether (sulfide) groups is 1. The molecule has 10 heavy (non-hydrogen) atoms. The van der Waals surface area contributed by atoms with Crippen LogP contribution in [0, 0.1) is 5.82 Å². The van der Waals surface area contributed by atoms with E-state index >= 15 is 0 Å². The van der Waals surface area contributed by atoms with Crippen molar-refractivity contribution in [3.8, 4) is 0 Å². The lowest BCUT2D eigenvalue weighted by molar-refractivity contribution is 0.626. The van der Waals surface area contributed by atoms with Crippen molar-refractivity contribution in [2.45, 2.75) is 4.90 Å². The summed E-state index contributed by atoms with van der Waals surface area (Å²) < 4.78 is 12.3. The third-order valence-corrected chi connectivity index (χ3v) is 1.74. The van der Waals surface area contributed by atoms with E-state index in [2.05, 4.69) is 6.58 Å². The highest BCUT2D eigenvalue weighted by Crippen LogP contribution is 2.17. The standard InChI is InChI=1S/C8H7FS/c1-2-10-8-5-3-7(9)4-6-8/h2-6H,1H2. The van der Waals surface area contributed by atoms with Crippen molar-refractivity contribution >= 4 is 11.8 Å². The number of halogens is 1. The lowest BCUT2D eigenvalue weighted by Gasteiger charge is -1.92. The molecule has 1 rings (SSSR count). The van der Waals surface area contributed by atoms with Gasteiger partial charge in [-0.1, -0.05) is 18.3 Å². The Morgan fingerprint density at radius 1 is 1.30 bits per heavy atom. The first-order valence-electron chi connectivity index (χ1n) is 2.86. The second-order valence-electron chi connectivity index (χ2n) is 1.74. The van der Waals surface area contributed by atoms with Crippen LogP contribution in [-0.4, -0.2) is 0 Å². The molecule has 0 bridgehead atoms. The molecule has 0 N–H and O–H groups in total. The topological polar surface area (TPSA) is 0 Å². The van der Waals surface area contributed by atoms with Crippen molar-refractivity contribution in [1.29, 1.82) is 0 Å². The summed E-state index contributed by atoms with van der Waals surface area (Å²) in [5.74, 6) is -0.201. The molecule has 0 saturated heterocycles. The second kappa shape index (κ2) is 3.42. The van der Waals surface area contributed by atoms with Crippen molar-refractivity contribution in [3.05, 3.63) is 42.1 Å². The molecule has 1 aromatic rings. The summed E-state index contributed by atoms with van der Waals surface area (Å²) in [7, 11) is 0. The summed E-state index contributed by atoms with van der Waals surface area (Å²) in [5, 5.41) is 1.72. The third kappa shape index (κ3) is 1.88. The molecule has 0 aliphatic carbocycles. The van der Waals surface area contributed by atoms with Crippen LogP contribution >= 0.6 is 11.8 Å². The van der Waals surface area contributed by atoms with Crippen molar-refractivity contribution in [3.63, 3.8) is 0 Å². The molecule has 2 heteroatoms. The Labute approximate surface area is 63.8 Å². The van der Waals surface area contributed by atoms with Crippen LogP contribution in [0.1, 0.15) is 0 Å². The van der Waals surface area contributed by atoms with Crippen molar-refractivity contribution in [1.82, 2.24) is 0 Å². The molecule has 1 aromatic carbocycles. The first kappa shape index (κ1) is 7.35. The van der Waals surface area contributed by atoms with Gasteiger partial charge in [-0.25, -0.2) is 4.39 Å². The molecule has 0 atom stereocenters. The van der Waals surface area contributed by atoms with Gasteiger partial charge in [-0.2, -0.15) is 0 Å². The van der Waals surface area contributed by atoms with Gasteiger partial charge >= 0.3 is 0 Å². The second-order valence-corrected chi connectivity index (χ2v) is 2.78. The maximum atomic E-state index is 12.3. The third-order valence-electron chi connectivity index (χ3n) is 1.03. The number of hydrogen-bond acceptors (Lipinski definition) is 1. The van der Waals surface area contributed by atoms with Gasteiger partial charge in [0.15, 0.2) is 0 Å². The van der Waals surface area contributed by atoms with E-state index < -0.39 is 0 Å². The zero-order valence-electron chi connectivity index (χ0n) is 5.38. The van der Waals surface area contributed by atoms with Crippen LogP contribution in [0.4, 0.5) is 4.39 Å². The van der Waals surface area contributed by atoms with E-state index in [0.29, 0.717) is 0 Å². The molecule has 0 amide bonds. The largest absolute Gasteiger partial charge is 0.207 e. The predicted octanol–water partition coefficient (Wildman–Crippen LogP) is 3.06. The molecule has 0 fully saturated rings. The van der Waals surface area contributed by atoms with Gasteiger partial charge < -0.3 is 0 Å². The average Bonchev–Trinajstić information content (AvgIpc) is 1.95. The summed E-state index contributed by atoms with van der Waals surface area (Å²) in [6.07, 6.45) is 0. The van der Waals surface area contributed by atoms with Crippen LogP contribution in [-0.2, 0) is 0 Å². The molecule has 0 radical (unpaired) electrons. The fraction of sp³-hybridized carbons (Fsp3) is 0. The molecule has 0 aliphatic heterocycles. The van der Waals surface area contributed by atoms with E-state index in [9.17, 15) is 4.39 Å². The van der Waals surface area contributed by atoms with E-state index in [0.717, 1.165) is 4.90 Å². The molecular formula is C8H7FS. The Morgan fingerprint density at radius 2 is 1.90 bits per heavy atom. The van der Waals surface area contributed by atoms with E-state index in [1.165, 1.54) is 23.9 Å². The minimum Gasteiger partial charge on any atom is -0.207 e. The van der Waals surface area contributed by atoms with E-state index in [1.807, 2.05) is 0 Å². The monoisotopic (exact) mass is 154 g/mol. The first-order valence-corrected chi connectivity index (χ1v) is 3.74. The lowest BCUT2D eigenvalue weighted by Crippen LogP contribution is -1.70. The Hall–Kier alpha value is -0.760. The summed E-state index contributed by atoms with van der Waals surface area (Å²) in [6.45, 7) is 3.55. The minimum atomic E-state index is -0.201. The number of rotatable bonds is 2. The quantitative estimate of drug-likeness (QED) is 0.590. The van der Waals surface area contributed by atoms with Crippen LogP contribution in [0.15, 0.2) is 41.1 Å². The molecule has 0 unspecified atom stereocenters. The van der Waals surface area contributed by atoms with Crippen LogP contribution in [0.3, 0.4) is 0 Å². The normalized spacial score (nSPS) is 9.30. The minimum absolute atomic E-state index is 0.201. The summed E-state index contributed by atoms with van der Waals surface area (Å²) in [5.41, 5.74) is 0. The Bertz CT molecular complexity index is 215. The highest BCUT2D eigenvalue weighted by atomic mass is 32.2. The highest BCUT2D eigenvalue weighted by Gasteiger charge is 1.89. The summed E-state index contributed by atoms with van der Waals surface area (Å²) >= 11 is 1.48. The molecular weight excluding hydrogens is 147 g/mol. The predicted molar refractivity (Wildman–Crippen MR) is 42.5 cm³/mol. The molecule has 0 aromatic heterocycles. The van der Waals surface area contributed by atoms with Gasteiger partial charge in [0.05, 0.1) is 0 Å². The Morgan fingerprint density at radius 3 is 2.40 bits per heavy atom. The lowest BCUT2D eigenvalue weighted by atomic mass is 10.4. The fourth-order valence-corrected chi connectivity index (χ4v) is 1.10. The van der Waals surface area contributed by atoms with Crippen LogP contribution in [0.25, 0.3) is 0 Å². The van der Waals surface area contributed by atoms with Gasteiger partial charge in [-0.05, 0) is 29.7 Å². The SMILES string of the molecule is C=CSc1ccc(F)cc1. The van der Waals surface area contributed by atoms with Crippen molar-refractivity contribution in [2.75, 3.05) is 0 Å². The van der Waals surface area contributed by atoms with Gasteiger partial charge in [0, 0.05) is 4.90 Å². The highest BCUT2D eigenvalue weighted by molar-refractivity contribution is 8.02. The van der Waals surface area contributed by atoms with Crippen LogP contribution in [0.2, 0.25) is 0 Å². The molecule has 0 spiro atoms. The van der Waals surface area contributed by atoms with Gasteiger partial charge in [0.25, 0.3) is 0 Å². The van der Waals surface area contributed by atoms with Crippen LogP contribution in [0.5, 0.6) is 0 Å². The maximum absolute atomic E-state index is 12.3. The van der Waals surface area contributed by atoms with Crippen molar-refractivity contribution < 1.29 is 4.39 Å². The van der Waals surface area contributed by atoms with Crippen molar-refractivity contribution in [2.24, 2.45) is 0 Å². The summed E-state index contributed by atoms with van der Waals surface area (Å²) in [4.78, 5) is 1.01. The number of benzene rings is 1. The number of hydrogen-bond donors (Lipinski definition) is 0. The Kier molecular flexibility index (Phi) is 2.51. The fourth-order valence-electron chi connectivity index (χ4n) is 0.609. The van der Waals surface area contributed by atoms with Crippen LogP contribution < -0.4 is 0 Å². The first-order chi connectivity index (χ1) is 4.83. The van der Waals surface area contributed by atoms with E-state index in [4.69, 9.17) is 0 Å². The van der Waals surface area contributed by atoms with E-state index in [1.54, 1.807) is 17.5 Å². The Balaban J connectivity index is 2.78. The van der Waals surface area contributed by atoms with Gasteiger partial charge in [-0.15, -0.1) is 0 Å². The van der Waals surface area contributed by atoms with Gasteiger partial charge in [0.2, 0.25) is 0 Å². The van der Waals surface area contributed by atoms with Gasteiger partial charge in [0.1, 0.15) is 5.82 Å². The zero-order valence-corrected chi connectivity index (χ0v) is 6.20.